The smallest absolute Gasteiger partial charge is 0.225 e. The lowest BCUT2D eigenvalue weighted by Crippen LogP contribution is -2.31. The first-order chi connectivity index (χ1) is 16.0. The molecule has 2 aromatic rings. The summed E-state index contributed by atoms with van der Waals surface area (Å²) in [5.41, 5.74) is 2.09. The summed E-state index contributed by atoms with van der Waals surface area (Å²) in [6.45, 7) is 8.72. The Balaban J connectivity index is 1.38. The predicted molar refractivity (Wildman–Crippen MR) is 130 cm³/mol. The number of anilines is 2. The van der Waals surface area contributed by atoms with Crippen LogP contribution in [0.1, 0.15) is 72.5 Å². The highest BCUT2D eigenvalue weighted by Crippen LogP contribution is 2.41. The molecule has 0 saturated heterocycles. The van der Waals surface area contributed by atoms with Gasteiger partial charge in [0.15, 0.2) is 0 Å². The first-order valence-electron chi connectivity index (χ1n) is 11.0. The molecule has 2 aromatic heterocycles. The quantitative estimate of drug-likeness (QED) is 0.620. The Labute approximate surface area is 206 Å². The zero-order valence-corrected chi connectivity index (χ0v) is 21.2. The van der Waals surface area contributed by atoms with Gasteiger partial charge in [0.2, 0.25) is 11.8 Å². The number of amides is 2. The lowest BCUT2D eigenvalue weighted by Gasteiger charge is -2.29. The molecule has 4 heterocycles. The van der Waals surface area contributed by atoms with Gasteiger partial charge in [-0.1, -0.05) is 0 Å². The molecule has 0 saturated carbocycles. The van der Waals surface area contributed by atoms with Gasteiger partial charge < -0.3 is 20.1 Å². The summed E-state index contributed by atoms with van der Waals surface area (Å²) in [5, 5.41) is 25.9. The lowest BCUT2D eigenvalue weighted by molar-refractivity contribution is -0.121. The van der Waals surface area contributed by atoms with Gasteiger partial charge in [0, 0.05) is 35.4 Å². The zero-order chi connectivity index (χ0) is 24.7. The van der Waals surface area contributed by atoms with Crippen LogP contribution < -0.4 is 10.6 Å². The van der Waals surface area contributed by atoms with Gasteiger partial charge in [-0.25, -0.2) is 0 Å². The summed E-state index contributed by atoms with van der Waals surface area (Å²) in [6.07, 6.45) is 1.14. The van der Waals surface area contributed by atoms with Crippen LogP contribution in [0.25, 0.3) is 0 Å². The average molecular weight is 499 g/mol. The van der Waals surface area contributed by atoms with Gasteiger partial charge in [0.25, 0.3) is 0 Å². The van der Waals surface area contributed by atoms with Crippen molar-refractivity contribution in [3.63, 3.8) is 0 Å². The fourth-order valence-corrected chi connectivity index (χ4v) is 6.32. The van der Waals surface area contributed by atoms with E-state index in [0.29, 0.717) is 47.2 Å². The molecule has 34 heavy (non-hydrogen) atoms. The van der Waals surface area contributed by atoms with Crippen molar-refractivity contribution in [2.45, 2.75) is 77.8 Å². The van der Waals surface area contributed by atoms with Crippen LogP contribution >= 0.6 is 22.7 Å². The van der Waals surface area contributed by atoms with E-state index in [4.69, 9.17) is 9.47 Å². The zero-order valence-electron chi connectivity index (χ0n) is 19.6. The standard InChI is InChI=1S/C24H26N4O4S2/c1-23(2)7-13-15(9-25)21(33-17(13)11-31-23)27-19(29)5-6-20(30)28-22-16(10-26)14-8-24(3,4)32-12-18(14)34-22/h5-8,11-12H2,1-4H3,(H,27,29)(H,28,30). The van der Waals surface area contributed by atoms with E-state index >= 15 is 0 Å². The molecule has 0 spiro atoms. The number of carbonyl (C=O) groups excluding carboxylic acids is 2. The van der Waals surface area contributed by atoms with Crippen LogP contribution in [0, 0.1) is 22.7 Å². The number of carbonyl (C=O) groups is 2. The van der Waals surface area contributed by atoms with E-state index in [2.05, 4.69) is 22.8 Å². The van der Waals surface area contributed by atoms with Gasteiger partial charge >= 0.3 is 0 Å². The van der Waals surface area contributed by atoms with Gasteiger partial charge in [0.1, 0.15) is 22.1 Å². The number of hydrogen-bond acceptors (Lipinski definition) is 8. The molecule has 178 valence electrons. The van der Waals surface area contributed by atoms with E-state index in [-0.39, 0.29) is 35.9 Å². The van der Waals surface area contributed by atoms with E-state index in [1.165, 1.54) is 22.7 Å². The summed E-state index contributed by atoms with van der Waals surface area (Å²) in [7, 11) is 0. The van der Waals surface area contributed by atoms with Crippen molar-refractivity contribution in [2.24, 2.45) is 0 Å². The van der Waals surface area contributed by atoms with Crippen LogP contribution in [-0.2, 0) is 45.1 Å². The second kappa shape index (κ2) is 9.12. The third-order valence-electron chi connectivity index (χ3n) is 5.88. The molecule has 0 bridgehead atoms. The van der Waals surface area contributed by atoms with Gasteiger partial charge in [-0.15, -0.1) is 22.7 Å². The number of nitriles is 2. The van der Waals surface area contributed by atoms with Crippen molar-refractivity contribution < 1.29 is 19.1 Å². The Bertz CT molecular complexity index is 1150. The molecule has 0 radical (unpaired) electrons. The first kappa shape index (κ1) is 24.4. The molecule has 8 nitrogen and oxygen atoms in total. The predicted octanol–water partition coefficient (Wildman–Crippen LogP) is 4.61. The van der Waals surface area contributed by atoms with E-state index in [0.717, 1.165) is 20.9 Å². The first-order valence-corrected chi connectivity index (χ1v) is 12.6. The maximum Gasteiger partial charge on any atom is 0.225 e. The molecule has 2 amide bonds. The summed E-state index contributed by atoms with van der Waals surface area (Å²) in [6, 6.07) is 4.42. The molecule has 10 heteroatoms. The number of nitrogens with one attached hydrogen (secondary N) is 2. The fourth-order valence-electron chi connectivity index (χ4n) is 4.12. The SMILES string of the molecule is CC1(C)Cc2c(sc(NC(=O)CCC(=O)Nc3sc4c(c3C#N)CC(C)(C)OC4)c2C#N)CO1. The number of fused-ring (bicyclic) bond motifs is 2. The van der Waals surface area contributed by atoms with Crippen molar-refractivity contribution in [1.82, 2.24) is 0 Å². The van der Waals surface area contributed by atoms with Crippen LogP contribution in [0.3, 0.4) is 0 Å². The minimum atomic E-state index is -0.357. The van der Waals surface area contributed by atoms with Crippen LogP contribution in [-0.4, -0.2) is 23.0 Å². The molecule has 0 aromatic carbocycles. The fraction of sp³-hybridized carbons (Fsp3) is 0.500. The van der Waals surface area contributed by atoms with E-state index in [9.17, 15) is 20.1 Å². The molecule has 0 fully saturated rings. The van der Waals surface area contributed by atoms with Gasteiger partial charge in [0.05, 0.1) is 35.5 Å². The van der Waals surface area contributed by atoms with Crippen molar-refractivity contribution in [1.29, 1.82) is 10.5 Å². The number of nitrogens with zero attached hydrogens (tertiary/aromatic N) is 2. The Morgan fingerprint density at radius 1 is 0.824 bits per heavy atom. The molecule has 2 aliphatic heterocycles. The van der Waals surface area contributed by atoms with Crippen LogP contribution in [0.5, 0.6) is 0 Å². The van der Waals surface area contributed by atoms with Crippen molar-refractivity contribution in [2.75, 3.05) is 10.6 Å². The lowest BCUT2D eigenvalue weighted by atomic mass is 9.93. The minimum absolute atomic E-state index is 0.0373. The van der Waals surface area contributed by atoms with E-state index < -0.39 is 0 Å². The highest BCUT2D eigenvalue weighted by atomic mass is 32.1. The molecular formula is C24H26N4O4S2. The molecular weight excluding hydrogens is 472 g/mol. The third kappa shape index (κ3) is 5.01. The molecule has 4 rings (SSSR count). The second-order valence-corrected chi connectivity index (χ2v) is 11.9. The molecule has 0 atom stereocenters. The number of rotatable bonds is 5. The topological polar surface area (TPSA) is 124 Å². The normalized spacial score (nSPS) is 17.6. The van der Waals surface area contributed by atoms with Crippen molar-refractivity contribution in [3.05, 3.63) is 32.0 Å². The molecule has 0 unspecified atom stereocenters. The third-order valence-corrected chi connectivity index (χ3v) is 8.12. The Hall–Kier alpha value is -2.76. The summed E-state index contributed by atoms with van der Waals surface area (Å²) in [4.78, 5) is 27.0. The highest BCUT2D eigenvalue weighted by molar-refractivity contribution is 7.17. The number of hydrogen-bond donors (Lipinski definition) is 2. The van der Waals surface area contributed by atoms with Crippen molar-refractivity contribution >= 4 is 44.5 Å². The Morgan fingerprint density at radius 3 is 1.56 bits per heavy atom. The maximum atomic E-state index is 12.5. The van der Waals surface area contributed by atoms with Crippen molar-refractivity contribution in [3.8, 4) is 12.1 Å². The second-order valence-electron chi connectivity index (χ2n) is 9.69. The Kier molecular flexibility index (Phi) is 6.54. The van der Waals surface area contributed by atoms with Crippen LogP contribution in [0.2, 0.25) is 0 Å². The van der Waals surface area contributed by atoms with Gasteiger partial charge in [-0.3, -0.25) is 9.59 Å². The van der Waals surface area contributed by atoms with Gasteiger partial charge in [-0.2, -0.15) is 10.5 Å². The highest BCUT2D eigenvalue weighted by Gasteiger charge is 2.33. The average Bonchev–Trinajstić information content (AvgIpc) is 3.26. The number of thiophene rings is 2. The van der Waals surface area contributed by atoms with E-state index in [1.54, 1.807) is 0 Å². The summed E-state index contributed by atoms with van der Waals surface area (Å²) < 4.78 is 11.6. The van der Waals surface area contributed by atoms with Crippen LogP contribution in [0.4, 0.5) is 10.0 Å². The minimum Gasteiger partial charge on any atom is -0.370 e. The molecule has 0 aliphatic carbocycles. The van der Waals surface area contributed by atoms with Gasteiger partial charge in [-0.05, 0) is 38.8 Å². The van der Waals surface area contributed by atoms with E-state index in [1.807, 2.05) is 27.7 Å². The Morgan fingerprint density at radius 2 is 1.21 bits per heavy atom. The monoisotopic (exact) mass is 498 g/mol. The maximum absolute atomic E-state index is 12.5. The van der Waals surface area contributed by atoms with Crippen LogP contribution in [0.15, 0.2) is 0 Å². The number of ether oxygens (including phenoxy) is 2. The largest absolute Gasteiger partial charge is 0.370 e. The molecule has 2 aliphatic rings. The summed E-state index contributed by atoms with van der Waals surface area (Å²) >= 11 is 2.69. The molecule has 2 N–H and O–H groups in total. The summed E-state index contributed by atoms with van der Waals surface area (Å²) in [5.74, 6) is -0.682.